The van der Waals surface area contributed by atoms with E-state index >= 15 is 0 Å². The molecule has 0 N–H and O–H groups in total. The minimum absolute atomic E-state index is 0.0509. The number of anilines is 1. The second kappa shape index (κ2) is 7.79. The van der Waals surface area contributed by atoms with Gasteiger partial charge < -0.3 is 19.0 Å². The van der Waals surface area contributed by atoms with Gasteiger partial charge in [0.05, 0.1) is 18.2 Å². The third-order valence-electron chi connectivity index (χ3n) is 5.21. The van der Waals surface area contributed by atoms with Crippen molar-refractivity contribution in [3.63, 3.8) is 0 Å². The molecule has 7 heteroatoms. The van der Waals surface area contributed by atoms with Gasteiger partial charge in [0.25, 0.3) is 5.91 Å². The Balaban J connectivity index is 1.54. The van der Waals surface area contributed by atoms with E-state index in [1.807, 2.05) is 31.2 Å². The van der Waals surface area contributed by atoms with E-state index in [0.29, 0.717) is 42.2 Å². The van der Waals surface area contributed by atoms with Crippen LogP contribution in [0, 0.1) is 6.92 Å². The molecule has 0 saturated carbocycles. The van der Waals surface area contributed by atoms with E-state index in [4.69, 9.17) is 20.8 Å². The van der Waals surface area contributed by atoms with Crippen LogP contribution in [0.1, 0.15) is 16.1 Å². The van der Waals surface area contributed by atoms with Crippen LogP contribution in [0.15, 0.2) is 51.7 Å². The van der Waals surface area contributed by atoms with Crippen molar-refractivity contribution in [3.8, 4) is 5.75 Å². The zero-order valence-electron chi connectivity index (χ0n) is 16.3. The Morgan fingerprint density at radius 2 is 1.83 bits per heavy atom. The molecule has 3 aromatic rings. The van der Waals surface area contributed by atoms with Gasteiger partial charge in [-0.05, 0) is 36.8 Å². The maximum atomic E-state index is 12.9. The molecule has 1 aliphatic rings. The average molecular weight is 413 g/mol. The lowest BCUT2D eigenvalue weighted by molar-refractivity contribution is 0.0715. The summed E-state index contributed by atoms with van der Waals surface area (Å²) >= 11 is 6.10. The summed E-state index contributed by atoms with van der Waals surface area (Å²) in [7, 11) is 1.65. The number of para-hydroxylation sites is 2. The van der Waals surface area contributed by atoms with Gasteiger partial charge in [0.2, 0.25) is 0 Å². The number of nitrogens with zero attached hydrogens (tertiary/aromatic N) is 2. The highest BCUT2D eigenvalue weighted by Gasteiger charge is 2.25. The quantitative estimate of drug-likeness (QED) is 0.656. The summed E-state index contributed by atoms with van der Waals surface area (Å²) in [6.07, 6.45) is 0. The number of amides is 1. The highest BCUT2D eigenvalue weighted by molar-refractivity contribution is 6.32. The zero-order valence-corrected chi connectivity index (χ0v) is 17.0. The fourth-order valence-electron chi connectivity index (χ4n) is 3.58. The van der Waals surface area contributed by atoms with Crippen molar-refractivity contribution in [2.75, 3.05) is 38.2 Å². The summed E-state index contributed by atoms with van der Waals surface area (Å²) in [4.78, 5) is 29.3. The van der Waals surface area contributed by atoms with Crippen molar-refractivity contribution in [1.29, 1.82) is 0 Å². The van der Waals surface area contributed by atoms with Gasteiger partial charge in [-0.1, -0.05) is 23.7 Å². The topological polar surface area (TPSA) is 63.0 Å². The first-order valence-corrected chi connectivity index (χ1v) is 9.77. The maximum absolute atomic E-state index is 12.9. The number of hydrogen-bond donors (Lipinski definition) is 0. The molecule has 150 valence electrons. The van der Waals surface area contributed by atoms with Gasteiger partial charge in [0.15, 0.2) is 11.2 Å². The van der Waals surface area contributed by atoms with Crippen LogP contribution >= 0.6 is 11.6 Å². The largest absolute Gasteiger partial charge is 0.495 e. The van der Waals surface area contributed by atoms with Crippen molar-refractivity contribution >= 4 is 34.2 Å². The van der Waals surface area contributed by atoms with Gasteiger partial charge >= 0.3 is 0 Å². The summed E-state index contributed by atoms with van der Waals surface area (Å²) < 4.78 is 11.2. The molecule has 2 aromatic carbocycles. The molecule has 0 aliphatic carbocycles. The molecule has 0 bridgehead atoms. The zero-order chi connectivity index (χ0) is 20.5. The van der Waals surface area contributed by atoms with Crippen LogP contribution in [-0.2, 0) is 0 Å². The van der Waals surface area contributed by atoms with Gasteiger partial charge in [-0.15, -0.1) is 0 Å². The molecule has 1 amide bonds. The van der Waals surface area contributed by atoms with E-state index < -0.39 is 0 Å². The highest BCUT2D eigenvalue weighted by atomic mass is 35.5. The third-order valence-corrected chi connectivity index (χ3v) is 5.62. The predicted molar refractivity (Wildman–Crippen MR) is 113 cm³/mol. The number of fused-ring (bicyclic) bond motifs is 1. The summed E-state index contributed by atoms with van der Waals surface area (Å²) in [6.45, 7) is 4.21. The van der Waals surface area contributed by atoms with Crippen LogP contribution in [0.3, 0.4) is 0 Å². The van der Waals surface area contributed by atoms with E-state index in [1.165, 1.54) is 6.07 Å². The number of hydrogen-bond acceptors (Lipinski definition) is 5. The number of piperazine rings is 1. The van der Waals surface area contributed by atoms with Gasteiger partial charge in [0, 0.05) is 37.3 Å². The highest BCUT2D eigenvalue weighted by Crippen LogP contribution is 2.28. The molecule has 6 nitrogen and oxygen atoms in total. The summed E-state index contributed by atoms with van der Waals surface area (Å²) in [5.74, 6) is 0.577. The molecule has 2 heterocycles. The first-order valence-electron chi connectivity index (χ1n) is 9.39. The molecule has 0 atom stereocenters. The Bertz CT molecular complexity index is 1130. The minimum Gasteiger partial charge on any atom is -0.495 e. The lowest BCUT2D eigenvalue weighted by Gasteiger charge is -2.36. The van der Waals surface area contributed by atoms with E-state index in [0.717, 1.165) is 17.0 Å². The monoisotopic (exact) mass is 412 g/mol. The van der Waals surface area contributed by atoms with E-state index in [1.54, 1.807) is 24.1 Å². The average Bonchev–Trinajstić information content (AvgIpc) is 2.74. The summed E-state index contributed by atoms with van der Waals surface area (Å²) in [5.41, 5.74) is 1.89. The molecule has 0 unspecified atom stereocenters. The molecule has 0 spiro atoms. The molecular weight excluding hydrogens is 392 g/mol. The third kappa shape index (κ3) is 3.68. The van der Waals surface area contributed by atoms with Crippen LogP contribution in [0.5, 0.6) is 5.75 Å². The Morgan fingerprint density at radius 1 is 1.10 bits per heavy atom. The fraction of sp³-hybridized carbons (Fsp3) is 0.273. The minimum atomic E-state index is -0.281. The number of rotatable bonds is 3. The number of methoxy groups -OCH3 is 1. The molecule has 4 rings (SSSR count). The number of carbonyl (C=O) groups is 1. The van der Waals surface area contributed by atoms with Crippen LogP contribution in [0.4, 0.5) is 5.69 Å². The Morgan fingerprint density at radius 3 is 2.55 bits per heavy atom. The van der Waals surface area contributed by atoms with Crippen molar-refractivity contribution in [1.82, 2.24) is 4.90 Å². The van der Waals surface area contributed by atoms with Crippen LogP contribution in [0.2, 0.25) is 5.02 Å². The molecule has 1 aromatic heterocycles. The van der Waals surface area contributed by atoms with Crippen LogP contribution in [-0.4, -0.2) is 44.1 Å². The first kappa shape index (κ1) is 19.3. The molecule has 0 radical (unpaired) electrons. The lowest BCUT2D eigenvalue weighted by atomic mass is 10.1. The van der Waals surface area contributed by atoms with E-state index in [-0.39, 0.29) is 17.1 Å². The summed E-state index contributed by atoms with van der Waals surface area (Å²) in [6, 6.07) is 12.3. The van der Waals surface area contributed by atoms with Crippen molar-refractivity contribution in [2.24, 2.45) is 0 Å². The van der Waals surface area contributed by atoms with E-state index in [2.05, 4.69) is 4.90 Å². The lowest BCUT2D eigenvalue weighted by Crippen LogP contribution is -2.49. The second-order valence-corrected chi connectivity index (χ2v) is 7.43. The molecular formula is C22H21ClN2O4. The molecule has 1 saturated heterocycles. The number of carbonyl (C=O) groups excluding carboxylic acids is 1. The second-order valence-electron chi connectivity index (χ2n) is 7.02. The number of aryl methyl sites for hydroxylation is 1. The summed E-state index contributed by atoms with van der Waals surface area (Å²) in [5, 5.41) is 0.870. The number of ether oxygens (including phenoxy) is 1. The standard InChI is InChI=1S/C22H21ClN2O4/c1-14-11-20-15(12-16(14)23)18(26)13-21(29-20)22(27)25-9-7-24(8-10-25)17-5-3-4-6-19(17)28-2/h3-6,11-13H,7-10H2,1-2H3. The smallest absolute Gasteiger partial charge is 0.289 e. The number of benzene rings is 2. The Labute approximate surface area is 173 Å². The molecule has 1 aliphatic heterocycles. The van der Waals surface area contributed by atoms with Crippen LogP contribution < -0.4 is 15.1 Å². The van der Waals surface area contributed by atoms with Crippen LogP contribution in [0.25, 0.3) is 11.0 Å². The predicted octanol–water partition coefficient (Wildman–Crippen LogP) is 3.73. The molecule has 1 fully saturated rings. The van der Waals surface area contributed by atoms with Crippen molar-refractivity contribution in [3.05, 3.63) is 69.0 Å². The Hall–Kier alpha value is -2.99. The van der Waals surface area contributed by atoms with E-state index in [9.17, 15) is 9.59 Å². The first-order chi connectivity index (χ1) is 14.0. The fourth-order valence-corrected chi connectivity index (χ4v) is 3.74. The van der Waals surface area contributed by atoms with Crippen molar-refractivity contribution < 1.29 is 13.9 Å². The Kier molecular flexibility index (Phi) is 5.20. The van der Waals surface area contributed by atoms with Gasteiger partial charge in [0.1, 0.15) is 11.3 Å². The normalized spacial score (nSPS) is 14.3. The van der Waals surface area contributed by atoms with Gasteiger partial charge in [-0.25, -0.2) is 0 Å². The number of halogens is 1. The molecule has 29 heavy (non-hydrogen) atoms. The van der Waals surface area contributed by atoms with Crippen molar-refractivity contribution in [2.45, 2.75) is 6.92 Å². The maximum Gasteiger partial charge on any atom is 0.289 e. The SMILES string of the molecule is COc1ccccc1N1CCN(C(=O)c2cc(=O)c3cc(Cl)c(C)cc3o2)CC1. The van der Waals surface area contributed by atoms with Gasteiger partial charge in [-0.3, -0.25) is 9.59 Å². The van der Waals surface area contributed by atoms with Gasteiger partial charge in [-0.2, -0.15) is 0 Å².